The average Bonchev–Trinajstić information content (AvgIpc) is 2.98. The van der Waals surface area contributed by atoms with Crippen LogP contribution in [0.3, 0.4) is 0 Å². The Bertz CT molecular complexity index is 695. The van der Waals surface area contributed by atoms with Crippen LogP contribution in [0.2, 0.25) is 0 Å². The number of imidazole rings is 1. The number of rotatable bonds is 3. The number of hydrogen-bond donors (Lipinski definition) is 0. The van der Waals surface area contributed by atoms with Crippen LogP contribution in [0.15, 0.2) is 30.9 Å². The number of anilines is 1. The predicted molar refractivity (Wildman–Crippen MR) is 70.0 cm³/mol. The highest BCUT2D eigenvalue weighted by atomic mass is 19.1. The molecule has 0 saturated heterocycles. The fourth-order valence-corrected chi connectivity index (χ4v) is 2.45. The van der Waals surface area contributed by atoms with Gasteiger partial charge in [0.1, 0.15) is 5.82 Å². The number of fused-ring (bicyclic) bond motifs is 1. The monoisotopic (exact) mass is 273 g/mol. The molecule has 1 aliphatic heterocycles. The molecule has 3 rings (SSSR count). The third kappa shape index (κ3) is 1.89. The number of benzene rings is 1. The molecule has 1 aliphatic rings. The zero-order valence-electron chi connectivity index (χ0n) is 10.8. The van der Waals surface area contributed by atoms with Gasteiger partial charge in [-0.3, -0.25) is 9.59 Å². The zero-order chi connectivity index (χ0) is 14.3. The maximum Gasteiger partial charge on any atom is 0.299 e. The summed E-state index contributed by atoms with van der Waals surface area (Å²) in [6.45, 7) is 2.56. The van der Waals surface area contributed by atoms with Crippen LogP contribution in [0.1, 0.15) is 15.9 Å². The molecule has 20 heavy (non-hydrogen) atoms. The lowest BCUT2D eigenvalue weighted by molar-refractivity contribution is -0.114. The number of carbonyl (C=O) groups excluding carboxylic acids is 2. The molecule has 102 valence electrons. The van der Waals surface area contributed by atoms with Crippen molar-refractivity contribution in [3.05, 3.63) is 47.8 Å². The molecular formula is C14H12FN3O2. The van der Waals surface area contributed by atoms with Crippen LogP contribution in [0, 0.1) is 12.7 Å². The molecule has 0 N–H and O–H groups in total. The van der Waals surface area contributed by atoms with E-state index in [1.807, 2.05) is 4.57 Å². The molecule has 2 aromatic rings. The highest BCUT2D eigenvalue weighted by Crippen LogP contribution is 2.33. The number of halogens is 1. The van der Waals surface area contributed by atoms with Crippen molar-refractivity contribution in [1.29, 1.82) is 0 Å². The largest absolute Gasteiger partial charge is 0.336 e. The van der Waals surface area contributed by atoms with E-state index in [1.165, 1.54) is 11.0 Å². The summed E-state index contributed by atoms with van der Waals surface area (Å²) < 4.78 is 15.2. The van der Waals surface area contributed by atoms with E-state index in [2.05, 4.69) is 4.98 Å². The number of Topliss-reactive ketones (excluding diaryl/α,β-unsaturated/α-hetero) is 1. The minimum absolute atomic E-state index is 0.151. The van der Waals surface area contributed by atoms with Crippen molar-refractivity contribution < 1.29 is 14.0 Å². The lowest BCUT2D eigenvalue weighted by atomic mass is 10.1. The Labute approximate surface area is 114 Å². The second kappa shape index (κ2) is 4.56. The predicted octanol–water partition coefficient (Wildman–Crippen LogP) is 1.56. The summed E-state index contributed by atoms with van der Waals surface area (Å²) in [6.07, 6.45) is 5.06. The van der Waals surface area contributed by atoms with Gasteiger partial charge in [0.25, 0.3) is 11.7 Å². The highest BCUT2D eigenvalue weighted by Gasteiger charge is 2.37. The summed E-state index contributed by atoms with van der Waals surface area (Å²) in [5, 5.41) is 0. The van der Waals surface area contributed by atoms with Crippen LogP contribution in [-0.2, 0) is 11.3 Å². The molecule has 0 atom stereocenters. The van der Waals surface area contributed by atoms with Gasteiger partial charge in [-0.25, -0.2) is 9.37 Å². The molecule has 1 aromatic heterocycles. The first kappa shape index (κ1) is 12.5. The maximum atomic E-state index is 13.4. The fraction of sp³-hybridized carbons (Fsp3) is 0.214. The Kier molecular flexibility index (Phi) is 2.85. The lowest BCUT2D eigenvalue weighted by Crippen LogP contribution is -2.32. The number of ketones is 1. The van der Waals surface area contributed by atoms with Gasteiger partial charge in [0.2, 0.25) is 0 Å². The molecule has 0 unspecified atom stereocenters. The van der Waals surface area contributed by atoms with E-state index in [4.69, 9.17) is 0 Å². The minimum Gasteiger partial charge on any atom is -0.336 e. The molecule has 0 radical (unpaired) electrons. The first-order valence-electron chi connectivity index (χ1n) is 6.20. The molecule has 0 bridgehead atoms. The van der Waals surface area contributed by atoms with Crippen LogP contribution in [0.25, 0.3) is 0 Å². The minimum atomic E-state index is -0.645. The first-order valence-corrected chi connectivity index (χ1v) is 6.20. The van der Waals surface area contributed by atoms with Crippen molar-refractivity contribution in [3.8, 4) is 0 Å². The van der Waals surface area contributed by atoms with Crippen LogP contribution < -0.4 is 4.90 Å². The molecule has 2 heterocycles. The number of nitrogens with zero attached hydrogens (tertiary/aromatic N) is 3. The van der Waals surface area contributed by atoms with Crippen LogP contribution >= 0.6 is 0 Å². The molecule has 6 heteroatoms. The van der Waals surface area contributed by atoms with Crippen LogP contribution in [0.5, 0.6) is 0 Å². The number of hydrogen-bond acceptors (Lipinski definition) is 3. The molecule has 0 fully saturated rings. The van der Waals surface area contributed by atoms with E-state index in [9.17, 15) is 14.0 Å². The van der Waals surface area contributed by atoms with Gasteiger partial charge in [-0.15, -0.1) is 0 Å². The second-order valence-corrected chi connectivity index (χ2v) is 4.71. The molecule has 0 saturated carbocycles. The second-order valence-electron chi connectivity index (χ2n) is 4.71. The summed E-state index contributed by atoms with van der Waals surface area (Å²) in [6, 6.07) is 2.45. The van der Waals surface area contributed by atoms with Crippen molar-refractivity contribution >= 4 is 17.4 Å². The Balaban J connectivity index is 1.93. The van der Waals surface area contributed by atoms with Crippen LogP contribution in [-0.4, -0.2) is 27.8 Å². The Morgan fingerprint density at radius 1 is 1.25 bits per heavy atom. The number of aryl methyl sites for hydroxylation is 1. The van der Waals surface area contributed by atoms with Crippen molar-refractivity contribution in [3.63, 3.8) is 0 Å². The fourth-order valence-electron chi connectivity index (χ4n) is 2.45. The van der Waals surface area contributed by atoms with Crippen molar-refractivity contribution in [2.45, 2.75) is 13.5 Å². The Morgan fingerprint density at radius 2 is 2.05 bits per heavy atom. The standard InChI is InChI=1S/C14H12FN3O2/c1-9-6-10(15)7-11-12(9)18(14(20)13(11)19)5-4-17-3-2-16-8-17/h2-3,6-8H,4-5H2,1H3. The third-order valence-corrected chi connectivity index (χ3v) is 3.36. The molecule has 1 amide bonds. The summed E-state index contributed by atoms with van der Waals surface area (Å²) in [7, 11) is 0. The van der Waals surface area contributed by atoms with Crippen molar-refractivity contribution in [1.82, 2.24) is 9.55 Å². The molecular weight excluding hydrogens is 261 g/mol. The van der Waals surface area contributed by atoms with E-state index in [-0.39, 0.29) is 5.56 Å². The van der Waals surface area contributed by atoms with Gasteiger partial charge < -0.3 is 9.47 Å². The summed E-state index contributed by atoms with van der Waals surface area (Å²) in [4.78, 5) is 29.2. The Hall–Kier alpha value is -2.50. The van der Waals surface area contributed by atoms with Crippen LogP contribution in [0.4, 0.5) is 10.1 Å². The number of carbonyl (C=O) groups is 2. The van der Waals surface area contributed by atoms with Gasteiger partial charge in [0.05, 0.1) is 17.6 Å². The molecule has 0 spiro atoms. The summed E-state index contributed by atoms with van der Waals surface area (Å²) in [5.41, 5.74) is 1.25. The van der Waals surface area contributed by atoms with Gasteiger partial charge in [0, 0.05) is 25.5 Å². The Morgan fingerprint density at radius 3 is 2.75 bits per heavy atom. The van der Waals surface area contributed by atoms with Gasteiger partial charge in [-0.2, -0.15) is 0 Å². The quantitative estimate of drug-likeness (QED) is 0.797. The first-order chi connectivity index (χ1) is 9.58. The smallest absolute Gasteiger partial charge is 0.299 e. The lowest BCUT2D eigenvalue weighted by Gasteiger charge is -2.18. The van der Waals surface area contributed by atoms with Crippen molar-refractivity contribution in [2.24, 2.45) is 0 Å². The summed E-state index contributed by atoms with van der Waals surface area (Å²) >= 11 is 0. The summed E-state index contributed by atoms with van der Waals surface area (Å²) in [5.74, 6) is -1.75. The van der Waals surface area contributed by atoms with E-state index < -0.39 is 17.5 Å². The third-order valence-electron chi connectivity index (χ3n) is 3.36. The SMILES string of the molecule is Cc1cc(F)cc2c1N(CCn1ccnc1)C(=O)C2=O. The van der Waals surface area contributed by atoms with E-state index in [1.54, 1.807) is 25.6 Å². The average molecular weight is 273 g/mol. The van der Waals surface area contributed by atoms with Crippen molar-refractivity contribution in [2.75, 3.05) is 11.4 Å². The van der Waals surface area contributed by atoms with E-state index in [0.29, 0.717) is 24.3 Å². The molecule has 0 aliphatic carbocycles. The van der Waals surface area contributed by atoms with E-state index >= 15 is 0 Å². The van der Waals surface area contributed by atoms with Gasteiger partial charge >= 0.3 is 0 Å². The number of aromatic nitrogens is 2. The van der Waals surface area contributed by atoms with Gasteiger partial charge in [0.15, 0.2) is 0 Å². The molecule has 5 nitrogen and oxygen atoms in total. The van der Waals surface area contributed by atoms with Gasteiger partial charge in [-0.05, 0) is 24.6 Å². The molecule has 1 aromatic carbocycles. The topological polar surface area (TPSA) is 55.2 Å². The number of amides is 1. The maximum absolute atomic E-state index is 13.4. The zero-order valence-corrected chi connectivity index (χ0v) is 10.8. The highest BCUT2D eigenvalue weighted by molar-refractivity contribution is 6.52. The van der Waals surface area contributed by atoms with Gasteiger partial charge in [-0.1, -0.05) is 0 Å². The normalized spacial score (nSPS) is 14.0. The van der Waals surface area contributed by atoms with E-state index in [0.717, 1.165) is 6.07 Å².